The fraction of sp³-hybridized carbons (Fsp3) is 0.556. The third-order valence-electron chi connectivity index (χ3n) is 4.32. The van der Waals surface area contributed by atoms with Crippen LogP contribution < -0.4 is 10.3 Å². The topological polar surface area (TPSA) is 87.8 Å². The van der Waals surface area contributed by atoms with Crippen molar-refractivity contribution in [1.82, 2.24) is 5.43 Å². The van der Waals surface area contributed by atoms with Gasteiger partial charge in [0.1, 0.15) is 0 Å². The quantitative estimate of drug-likeness (QED) is 0.464. The van der Waals surface area contributed by atoms with Crippen molar-refractivity contribution in [3.8, 4) is 0 Å². The second kappa shape index (κ2) is 9.76. The molecule has 1 fully saturated rings. The van der Waals surface area contributed by atoms with Gasteiger partial charge in [-0.1, -0.05) is 26.2 Å². The lowest BCUT2D eigenvalue weighted by Crippen LogP contribution is -2.25. The Morgan fingerprint density at radius 2 is 2.04 bits per heavy atom. The lowest BCUT2D eigenvalue weighted by atomic mass is 10.1. The van der Waals surface area contributed by atoms with Crippen molar-refractivity contribution >= 4 is 23.5 Å². The number of nitrogens with one attached hydrogen (secondary N) is 1. The molecule has 1 amide bonds. The Hall–Kier alpha value is -2.44. The zero-order valence-corrected chi connectivity index (χ0v) is 14.7. The van der Waals surface area contributed by atoms with Crippen molar-refractivity contribution in [2.75, 3.05) is 18.0 Å². The van der Waals surface area contributed by atoms with Crippen LogP contribution in [0.1, 0.15) is 57.4 Å². The largest absolute Gasteiger partial charge is 0.371 e. The number of amides is 1. The number of benzene rings is 1. The first kappa shape index (κ1) is 18.9. The summed E-state index contributed by atoms with van der Waals surface area (Å²) in [6.07, 6.45) is 8.35. The summed E-state index contributed by atoms with van der Waals surface area (Å²) in [5.74, 6) is -0.139. The lowest BCUT2D eigenvalue weighted by Gasteiger charge is -2.24. The van der Waals surface area contributed by atoms with E-state index in [4.69, 9.17) is 0 Å². The summed E-state index contributed by atoms with van der Waals surface area (Å²) in [4.78, 5) is 24.6. The van der Waals surface area contributed by atoms with Gasteiger partial charge in [-0.2, -0.15) is 5.10 Å². The Morgan fingerprint density at radius 1 is 1.32 bits per heavy atom. The molecule has 0 aliphatic carbocycles. The average molecular weight is 346 g/mol. The highest BCUT2D eigenvalue weighted by Gasteiger charge is 2.16. The molecule has 1 aliphatic rings. The van der Waals surface area contributed by atoms with Gasteiger partial charge < -0.3 is 4.90 Å². The molecule has 1 aromatic carbocycles. The molecule has 0 spiro atoms. The van der Waals surface area contributed by atoms with E-state index in [0.717, 1.165) is 44.5 Å². The number of carbonyl (C=O) groups is 1. The fourth-order valence-electron chi connectivity index (χ4n) is 2.93. The molecular weight excluding hydrogens is 320 g/mol. The molecule has 1 heterocycles. The summed E-state index contributed by atoms with van der Waals surface area (Å²) in [6.45, 7) is 3.89. The normalized spacial score (nSPS) is 15.2. The molecule has 2 rings (SSSR count). The SMILES string of the molecule is CCCCC(=O)N/N=C/c1cc([N+](=O)[O-])ccc1N1CCCCCC1. The number of rotatable bonds is 7. The Bertz CT molecular complexity index is 623. The minimum atomic E-state index is -0.413. The zero-order chi connectivity index (χ0) is 18.1. The number of nitrogens with zero attached hydrogens (tertiary/aromatic N) is 3. The van der Waals surface area contributed by atoms with Crippen LogP contribution >= 0.6 is 0 Å². The fourth-order valence-corrected chi connectivity index (χ4v) is 2.93. The third kappa shape index (κ3) is 5.85. The number of anilines is 1. The van der Waals surface area contributed by atoms with Crippen molar-refractivity contribution in [2.45, 2.75) is 51.9 Å². The first-order valence-electron chi connectivity index (χ1n) is 8.97. The number of nitro benzene ring substituents is 1. The molecule has 1 N–H and O–H groups in total. The highest BCUT2D eigenvalue weighted by Crippen LogP contribution is 2.26. The molecular formula is C18H26N4O3. The van der Waals surface area contributed by atoms with E-state index in [9.17, 15) is 14.9 Å². The molecule has 0 bridgehead atoms. The van der Waals surface area contributed by atoms with E-state index in [1.54, 1.807) is 6.07 Å². The van der Waals surface area contributed by atoms with Crippen LogP contribution in [0.3, 0.4) is 0 Å². The van der Waals surface area contributed by atoms with Crippen LogP contribution in [0.4, 0.5) is 11.4 Å². The highest BCUT2D eigenvalue weighted by molar-refractivity contribution is 5.90. The molecule has 0 unspecified atom stereocenters. The Kier molecular flexibility index (Phi) is 7.37. The highest BCUT2D eigenvalue weighted by atomic mass is 16.6. The van der Waals surface area contributed by atoms with Crippen LogP contribution in [-0.4, -0.2) is 30.1 Å². The number of hydrazone groups is 1. The van der Waals surface area contributed by atoms with Crippen molar-refractivity contribution in [3.05, 3.63) is 33.9 Å². The number of nitro groups is 1. The molecule has 1 aliphatic heterocycles. The van der Waals surface area contributed by atoms with E-state index in [0.29, 0.717) is 12.0 Å². The number of hydrogen-bond acceptors (Lipinski definition) is 5. The lowest BCUT2D eigenvalue weighted by molar-refractivity contribution is -0.384. The molecule has 7 nitrogen and oxygen atoms in total. The first-order chi connectivity index (χ1) is 12.1. The van der Waals surface area contributed by atoms with Crippen LogP contribution in [0.5, 0.6) is 0 Å². The zero-order valence-electron chi connectivity index (χ0n) is 14.7. The Balaban J connectivity index is 2.18. The van der Waals surface area contributed by atoms with E-state index < -0.39 is 4.92 Å². The number of carbonyl (C=O) groups excluding carboxylic acids is 1. The monoisotopic (exact) mass is 346 g/mol. The van der Waals surface area contributed by atoms with E-state index in [2.05, 4.69) is 15.4 Å². The van der Waals surface area contributed by atoms with Crippen molar-refractivity contribution in [1.29, 1.82) is 0 Å². The van der Waals surface area contributed by atoms with E-state index in [-0.39, 0.29) is 11.6 Å². The van der Waals surface area contributed by atoms with Crippen LogP contribution in [-0.2, 0) is 4.79 Å². The molecule has 1 aromatic rings. The second-order valence-corrected chi connectivity index (χ2v) is 6.30. The Morgan fingerprint density at radius 3 is 2.68 bits per heavy atom. The summed E-state index contributed by atoms with van der Waals surface area (Å²) < 4.78 is 0. The summed E-state index contributed by atoms with van der Waals surface area (Å²) in [7, 11) is 0. The molecule has 0 saturated carbocycles. The van der Waals surface area contributed by atoms with Gasteiger partial charge in [-0.3, -0.25) is 14.9 Å². The van der Waals surface area contributed by atoms with Crippen molar-refractivity contribution in [3.63, 3.8) is 0 Å². The van der Waals surface area contributed by atoms with Gasteiger partial charge in [0.15, 0.2) is 0 Å². The third-order valence-corrected chi connectivity index (χ3v) is 4.32. The predicted molar refractivity (Wildman–Crippen MR) is 99.0 cm³/mol. The first-order valence-corrected chi connectivity index (χ1v) is 8.97. The average Bonchev–Trinajstić information content (AvgIpc) is 2.89. The van der Waals surface area contributed by atoms with Crippen LogP contribution in [0.15, 0.2) is 23.3 Å². The second-order valence-electron chi connectivity index (χ2n) is 6.30. The van der Waals surface area contributed by atoms with Gasteiger partial charge in [0.25, 0.3) is 5.69 Å². The maximum Gasteiger partial charge on any atom is 0.270 e. The maximum absolute atomic E-state index is 11.7. The van der Waals surface area contributed by atoms with Gasteiger partial charge in [0, 0.05) is 42.9 Å². The standard InChI is InChI=1S/C18H26N4O3/c1-2-3-8-18(23)20-19-14-15-13-16(22(24)25)9-10-17(15)21-11-6-4-5-7-12-21/h9-10,13-14H,2-8,11-12H2,1H3,(H,20,23)/b19-14+. The summed E-state index contributed by atoms with van der Waals surface area (Å²) >= 11 is 0. The molecule has 0 aromatic heterocycles. The van der Waals surface area contributed by atoms with Crippen LogP contribution in [0.2, 0.25) is 0 Å². The smallest absolute Gasteiger partial charge is 0.270 e. The van der Waals surface area contributed by atoms with Gasteiger partial charge in [-0.05, 0) is 25.3 Å². The van der Waals surface area contributed by atoms with E-state index in [1.807, 2.05) is 6.92 Å². The number of unbranched alkanes of at least 4 members (excludes halogenated alkanes) is 1. The maximum atomic E-state index is 11.7. The van der Waals surface area contributed by atoms with E-state index >= 15 is 0 Å². The van der Waals surface area contributed by atoms with Gasteiger partial charge in [-0.25, -0.2) is 5.43 Å². The Labute approximate surface area is 148 Å². The molecule has 25 heavy (non-hydrogen) atoms. The van der Waals surface area contributed by atoms with Gasteiger partial charge >= 0.3 is 0 Å². The van der Waals surface area contributed by atoms with Gasteiger partial charge in [0.05, 0.1) is 11.1 Å². The molecule has 0 atom stereocenters. The van der Waals surface area contributed by atoms with E-state index in [1.165, 1.54) is 31.2 Å². The molecule has 1 saturated heterocycles. The minimum Gasteiger partial charge on any atom is -0.371 e. The van der Waals surface area contributed by atoms with Crippen LogP contribution in [0.25, 0.3) is 0 Å². The molecule has 0 radical (unpaired) electrons. The van der Waals surface area contributed by atoms with Crippen molar-refractivity contribution in [2.24, 2.45) is 5.10 Å². The summed E-state index contributed by atoms with van der Waals surface area (Å²) in [5.41, 5.74) is 4.11. The summed E-state index contributed by atoms with van der Waals surface area (Å²) in [5, 5.41) is 15.1. The molecule has 7 heteroatoms. The summed E-state index contributed by atoms with van der Waals surface area (Å²) in [6, 6.07) is 4.82. The van der Waals surface area contributed by atoms with Crippen molar-refractivity contribution < 1.29 is 9.72 Å². The molecule has 136 valence electrons. The van der Waals surface area contributed by atoms with Gasteiger partial charge in [-0.15, -0.1) is 0 Å². The number of non-ortho nitro benzene ring substituents is 1. The van der Waals surface area contributed by atoms with Crippen LogP contribution in [0, 0.1) is 10.1 Å². The predicted octanol–water partition coefficient (Wildman–Crippen LogP) is 3.62. The number of hydrogen-bond donors (Lipinski definition) is 1. The van der Waals surface area contributed by atoms with Gasteiger partial charge in [0.2, 0.25) is 5.91 Å². The minimum absolute atomic E-state index is 0.0253.